The first-order chi connectivity index (χ1) is 23.4. The fraction of sp³-hybridized carbons (Fsp3) is 0.419. The van der Waals surface area contributed by atoms with Gasteiger partial charge in [0.15, 0.2) is 12.6 Å². The number of rotatable bonds is 9. The highest BCUT2D eigenvalue weighted by atomic mass is 19.4. The van der Waals surface area contributed by atoms with Gasteiger partial charge in [0, 0.05) is 24.8 Å². The third-order valence-corrected chi connectivity index (χ3v) is 6.95. The minimum Gasteiger partial charge on any atom is -0.494 e. The Morgan fingerprint density at radius 1 is 1.00 bits per heavy atom. The molecule has 2 aliphatic rings. The molecule has 15 nitrogen and oxygen atoms in total. The third-order valence-electron chi connectivity index (χ3n) is 6.95. The first-order valence-corrected chi connectivity index (χ1v) is 15.5. The van der Waals surface area contributed by atoms with Gasteiger partial charge >= 0.3 is 18.2 Å². The number of amides is 1. The van der Waals surface area contributed by atoms with E-state index in [2.05, 4.69) is 35.9 Å². The summed E-state index contributed by atoms with van der Waals surface area (Å²) in [5, 5.41) is 18.1. The molecule has 1 amide bonds. The number of carboxylic acids is 1. The molecule has 18 heteroatoms. The highest BCUT2D eigenvalue weighted by molar-refractivity contribution is 5.99. The summed E-state index contributed by atoms with van der Waals surface area (Å²) in [4.78, 5) is 41.2. The lowest BCUT2D eigenvalue weighted by Gasteiger charge is -2.17. The Kier molecular flexibility index (Phi) is 13.0. The van der Waals surface area contributed by atoms with E-state index in [9.17, 15) is 27.9 Å². The molecule has 5 rings (SSSR count). The molecular weight excluding hydrogens is 651 g/mol. The zero-order chi connectivity index (χ0) is 35.2. The lowest BCUT2D eigenvalue weighted by Crippen LogP contribution is -2.41. The normalized spacial score (nSPS) is 14.3. The predicted molar refractivity (Wildman–Crippen MR) is 173 cm³/mol. The second-order valence-corrected chi connectivity index (χ2v) is 10.9. The standard InChI is InChI=1S/C31H38F3N9O6/c32-31(33,34)18-49-30-42-28-38-17-19-7-10-21(11-8-19)47-14-3-1-2-4-15-48-24-16-20(39-29(41-28)43-30)9-12-22(24)25(44)40-23(26(45)46)6-5-13-37-27(35)36/h7-12,16,23H,1-6,13-15,17-18H2,(H,40,44)(H,45,46)(H4,35,36,37)(H2,38,39,41,42,43)/t23-/m0/s1. The third kappa shape index (κ3) is 12.5. The summed E-state index contributed by atoms with van der Waals surface area (Å²) in [7, 11) is 0. The molecule has 0 aliphatic carbocycles. The van der Waals surface area contributed by atoms with E-state index in [-0.39, 0.29) is 55.3 Å². The summed E-state index contributed by atoms with van der Waals surface area (Å²) < 4.78 is 55.4. The smallest absolute Gasteiger partial charge is 0.422 e. The Hall–Kier alpha value is -5.55. The topological polar surface area (TPSA) is 221 Å². The second-order valence-electron chi connectivity index (χ2n) is 10.9. The second kappa shape index (κ2) is 17.6. The summed E-state index contributed by atoms with van der Waals surface area (Å²) in [5.41, 5.74) is 11.8. The number of ether oxygens (including phenoxy) is 3. The molecule has 6 bridgehead atoms. The maximum atomic E-state index is 13.3. The summed E-state index contributed by atoms with van der Waals surface area (Å²) >= 11 is 0. The van der Waals surface area contributed by atoms with Crippen molar-refractivity contribution >= 4 is 35.4 Å². The van der Waals surface area contributed by atoms with Crippen LogP contribution in [0, 0.1) is 0 Å². The number of aromatic nitrogens is 3. The highest BCUT2D eigenvalue weighted by Crippen LogP contribution is 2.27. The van der Waals surface area contributed by atoms with Gasteiger partial charge in [0.05, 0.1) is 18.8 Å². The van der Waals surface area contributed by atoms with Crippen molar-refractivity contribution in [2.75, 3.05) is 37.0 Å². The molecular formula is C31H38F3N9O6. The molecule has 3 heterocycles. The number of hydrogen-bond donors (Lipinski definition) is 6. The van der Waals surface area contributed by atoms with Crippen molar-refractivity contribution in [1.82, 2.24) is 20.3 Å². The maximum absolute atomic E-state index is 13.3. The SMILES string of the molecule is NC(N)=NCCC[C@H](NC(=O)c1ccc2cc1OCCCCCCOc1ccc(cc1)CNc1nc(nc(OCC(F)(F)F)n1)N2)C(=O)O. The first-order valence-electron chi connectivity index (χ1n) is 15.5. The molecule has 0 saturated carbocycles. The van der Waals surface area contributed by atoms with E-state index in [1.807, 2.05) is 24.3 Å². The Morgan fingerprint density at radius 2 is 1.71 bits per heavy atom. The van der Waals surface area contributed by atoms with Crippen LogP contribution in [0.25, 0.3) is 0 Å². The van der Waals surface area contributed by atoms with E-state index >= 15 is 0 Å². The van der Waals surface area contributed by atoms with Crippen LogP contribution in [-0.2, 0) is 11.3 Å². The van der Waals surface area contributed by atoms with Gasteiger partial charge in [-0.15, -0.1) is 0 Å². The lowest BCUT2D eigenvalue weighted by atomic mass is 10.1. The van der Waals surface area contributed by atoms with E-state index in [0.29, 0.717) is 30.9 Å². The van der Waals surface area contributed by atoms with Crippen molar-refractivity contribution in [3.8, 4) is 17.5 Å². The Bertz CT molecular complexity index is 1590. The van der Waals surface area contributed by atoms with E-state index in [4.69, 9.17) is 25.7 Å². The zero-order valence-corrected chi connectivity index (χ0v) is 26.5. The number of hydrogen-bond acceptors (Lipinski definition) is 11. The fourth-order valence-corrected chi connectivity index (χ4v) is 4.55. The van der Waals surface area contributed by atoms with Gasteiger partial charge in [-0.25, -0.2) is 4.79 Å². The average molecular weight is 690 g/mol. The van der Waals surface area contributed by atoms with Crippen molar-refractivity contribution in [1.29, 1.82) is 0 Å². The summed E-state index contributed by atoms with van der Waals surface area (Å²) in [5.74, 6) is -1.46. The van der Waals surface area contributed by atoms with Crippen molar-refractivity contribution in [2.45, 2.75) is 57.3 Å². The van der Waals surface area contributed by atoms with Crippen molar-refractivity contribution < 1.29 is 42.1 Å². The van der Waals surface area contributed by atoms with Gasteiger partial charge < -0.3 is 46.7 Å². The summed E-state index contributed by atoms with van der Waals surface area (Å²) in [6.07, 6.45) is -1.11. The van der Waals surface area contributed by atoms with Gasteiger partial charge in [0.1, 0.15) is 17.5 Å². The number of alkyl halides is 3. The van der Waals surface area contributed by atoms with E-state index in [0.717, 1.165) is 24.8 Å². The van der Waals surface area contributed by atoms with Gasteiger partial charge in [-0.1, -0.05) is 12.1 Å². The molecule has 0 radical (unpaired) electrons. The predicted octanol–water partition coefficient (Wildman–Crippen LogP) is 3.74. The number of carbonyl (C=O) groups is 2. The number of halogens is 3. The van der Waals surface area contributed by atoms with Crippen molar-refractivity contribution in [2.24, 2.45) is 16.5 Å². The lowest BCUT2D eigenvalue weighted by molar-refractivity contribution is -0.154. The number of nitrogens with one attached hydrogen (secondary N) is 3. The molecule has 3 aromatic rings. The van der Waals surface area contributed by atoms with Crippen LogP contribution in [0.1, 0.15) is 54.4 Å². The molecule has 2 aromatic carbocycles. The number of carboxylic acid groups (broad SMARTS) is 1. The number of nitrogens with zero attached hydrogens (tertiary/aromatic N) is 4. The van der Waals surface area contributed by atoms with Crippen molar-refractivity contribution in [3.05, 3.63) is 53.6 Å². The molecule has 0 unspecified atom stereocenters. The Balaban J connectivity index is 1.60. The fourth-order valence-electron chi connectivity index (χ4n) is 4.55. The summed E-state index contributed by atoms with van der Waals surface area (Å²) in [6.45, 7) is -0.447. The zero-order valence-electron chi connectivity index (χ0n) is 26.5. The number of anilines is 3. The van der Waals surface area contributed by atoms with Gasteiger partial charge in [-0.05, 0) is 68.4 Å². The molecule has 8 N–H and O–H groups in total. The van der Waals surface area contributed by atoms with Gasteiger partial charge in [-0.3, -0.25) is 9.79 Å². The van der Waals surface area contributed by atoms with Gasteiger partial charge in [-0.2, -0.15) is 28.1 Å². The van der Waals surface area contributed by atoms with Crippen LogP contribution in [0.2, 0.25) is 0 Å². The number of aliphatic carboxylic acids is 1. The number of nitrogens with two attached hydrogens (primary N) is 2. The van der Waals surface area contributed by atoms with Gasteiger partial charge in [0.2, 0.25) is 11.9 Å². The molecule has 1 atom stereocenters. The first kappa shape index (κ1) is 36.3. The molecule has 2 aliphatic heterocycles. The number of carbonyl (C=O) groups excluding carboxylic acids is 1. The van der Waals surface area contributed by atoms with Crippen LogP contribution in [0.5, 0.6) is 17.5 Å². The molecule has 264 valence electrons. The van der Waals surface area contributed by atoms with Crippen LogP contribution in [0.3, 0.4) is 0 Å². The van der Waals surface area contributed by atoms with E-state index in [1.165, 1.54) is 18.2 Å². The Labute approximate surface area is 279 Å². The van der Waals surface area contributed by atoms with Gasteiger partial charge in [0.25, 0.3) is 5.91 Å². The minimum absolute atomic E-state index is 0.0598. The van der Waals surface area contributed by atoms with E-state index < -0.39 is 36.7 Å². The van der Waals surface area contributed by atoms with Crippen LogP contribution >= 0.6 is 0 Å². The monoisotopic (exact) mass is 689 g/mol. The summed E-state index contributed by atoms with van der Waals surface area (Å²) in [6, 6.07) is 9.90. The molecule has 0 spiro atoms. The van der Waals surface area contributed by atoms with E-state index in [1.54, 1.807) is 0 Å². The number of aliphatic imine (C=N–C) groups is 1. The minimum atomic E-state index is -4.63. The van der Waals surface area contributed by atoms with Crippen LogP contribution in [-0.4, -0.2) is 76.5 Å². The largest absolute Gasteiger partial charge is 0.494 e. The molecule has 0 saturated heterocycles. The number of fused-ring (bicyclic) bond motifs is 10. The molecule has 49 heavy (non-hydrogen) atoms. The highest BCUT2D eigenvalue weighted by Gasteiger charge is 2.29. The maximum Gasteiger partial charge on any atom is 0.422 e. The molecule has 1 aromatic heterocycles. The molecule has 0 fully saturated rings. The van der Waals surface area contributed by atoms with Crippen LogP contribution in [0.15, 0.2) is 47.5 Å². The van der Waals surface area contributed by atoms with Crippen LogP contribution < -0.4 is 41.6 Å². The number of guanidine groups is 1. The Morgan fingerprint density at radius 3 is 2.41 bits per heavy atom. The van der Waals surface area contributed by atoms with Crippen LogP contribution in [0.4, 0.5) is 30.8 Å². The number of benzene rings is 2. The average Bonchev–Trinajstić information content (AvgIpc) is 3.05. The van der Waals surface area contributed by atoms with Crippen molar-refractivity contribution in [3.63, 3.8) is 0 Å². The quantitative estimate of drug-likeness (QED) is 0.107.